The normalized spacial score (nSPS) is 17.0. The molecule has 0 saturated carbocycles. The summed E-state index contributed by atoms with van der Waals surface area (Å²) in [5.41, 5.74) is 5.31. The Morgan fingerprint density at radius 2 is 1.54 bits per heavy atom. The number of rotatable bonds is 8. The molecule has 1 saturated heterocycles. The van der Waals surface area contributed by atoms with E-state index in [4.69, 9.17) is 9.47 Å². The largest absolute Gasteiger partial charge is 0.480 e. The average molecular weight is 529 g/mol. The van der Waals surface area contributed by atoms with Gasteiger partial charge in [0.05, 0.1) is 0 Å². The predicted octanol–water partition coefficient (Wildman–Crippen LogP) is 5.42. The first kappa shape index (κ1) is 26.3. The zero-order valence-corrected chi connectivity index (χ0v) is 21.6. The number of amides is 2. The molecule has 1 fully saturated rings. The minimum Gasteiger partial charge on any atom is -0.480 e. The summed E-state index contributed by atoms with van der Waals surface area (Å²) in [6, 6.07) is 24.4. The third-order valence-corrected chi connectivity index (χ3v) is 7.49. The van der Waals surface area contributed by atoms with Crippen LogP contribution in [0.4, 0.5) is 9.59 Å². The summed E-state index contributed by atoms with van der Waals surface area (Å²) in [5.74, 6) is -1.33. The second-order valence-electron chi connectivity index (χ2n) is 10.1. The van der Waals surface area contributed by atoms with E-state index < -0.39 is 24.2 Å². The van der Waals surface area contributed by atoms with Crippen molar-refractivity contribution in [3.05, 3.63) is 95.6 Å². The van der Waals surface area contributed by atoms with Gasteiger partial charge in [-0.3, -0.25) is 0 Å². The summed E-state index contributed by atoms with van der Waals surface area (Å²) < 4.78 is 11.0. The van der Waals surface area contributed by atoms with Crippen molar-refractivity contribution >= 4 is 18.2 Å². The minimum atomic E-state index is -1.13. The summed E-state index contributed by atoms with van der Waals surface area (Å²) in [7, 11) is 0. The number of ether oxygens (including phenoxy) is 2. The van der Waals surface area contributed by atoms with Gasteiger partial charge in [0.2, 0.25) is 0 Å². The molecular weight excluding hydrogens is 496 g/mol. The highest BCUT2D eigenvalue weighted by molar-refractivity contribution is 5.81. The summed E-state index contributed by atoms with van der Waals surface area (Å²) in [4.78, 5) is 38.9. The van der Waals surface area contributed by atoms with E-state index in [0.717, 1.165) is 40.7 Å². The van der Waals surface area contributed by atoms with Gasteiger partial charge in [0, 0.05) is 19.0 Å². The Balaban J connectivity index is 1.14. The van der Waals surface area contributed by atoms with E-state index in [2.05, 4.69) is 17.4 Å². The van der Waals surface area contributed by atoms with Crippen LogP contribution in [0.3, 0.4) is 0 Å². The Morgan fingerprint density at radius 1 is 0.897 bits per heavy atom. The van der Waals surface area contributed by atoms with Crippen molar-refractivity contribution < 1.29 is 29.0 Å². The Labute approximate surface area is 227 Å². The molecule has 3 aromatic rings. The number of benzene rings is 3. The molecule has 0 radical (unpaired) electrons. The van der Waals surface area contributed by atoms with Gasteiger partial charge in [-0.1, -0.05) is 78.9 Å². The van der Waals surface area contributed by atoms with Crippen LogP contribution in [0.1, 0.15) is 41.9 Å². The molecule has 2 unspecified atom stereocenters. The molecule has 1 heterocycles. The fraction of sp³-hybridized carbons (Fsp3) is 0.323. The molecule has 0 bridgehead atoms. The van der Waals surface area contributed by atoms with Gasteiger partial charge in [0.15, 0.2) is 0 Å². The lowest BCUT2D eigenvalue weighted by atomic mass is 9.91. The highest BCUT2D eigenvalue weighted by Crippen LogP contribution is 2.44. The van der Waals surface area contributed by atoms with E-state index in [1.165, 1.54) is 0 Å². The van der Waals surface area contributed by atoms with E-state index in [0.29, 0.717) is 13.1 Å². The zero-order chi connectivity index (χ0) is 27.2. The topological polar surface area (TPSA) is 105 Å². The van der Waals surface area contributed by atoms with Crippen molar-refractivity contribution in [1.82, 2.24) is 10.2 Å². The molecule has 0 aromatic heterocycles. The number of piperidine rings is 1. The van der Waals surface area contributed by atoms with Crippen molar-refractivity contribution in [1.29, 1.82) is 0 Å². The van der Waals surface area contributed by atoms with Crippen molar-refractivity contribution in [2.75, 3.05) is 19.7 Å². The van der Waals surface area contributed by atoms with Crippen molar-refractivity contribution in [3.63, 3.8) is 0 Å². The maximum absolute atomic E-state index is 12.7. The number of nitrogens with one attached hydrogen (secondary N) is 1. The van der Waals surface area contributed by atoms with Crippen LogP contribution in [0.15, 0.2) is 78.9 Å². The highest BCUT2D eigenvalue weighted by Gasteiger charge is 2.32. The molecule has 8 nitrogen and oxygen atoms in total. The van der Waals surface area contributed by atoms with Gasteiger partial charge in [-0.2, -0.15) is 0 Å². The number of carbonyl (C=O) groups excluding carboxylic acids is 2. The third-order valence-electron chi connectivity index (χ3n) is 7.49. The van der Waals surface area contributed by atoms with E-state index >= 15 is 0 Å². The number of likely N-dealkylation sites (tertiary alicyclic amines) is 1. The Bertz CT molecular complexity index is 1280. The standard InChI is InChI=1S/C31H32N2O6/c34-29(35)28(17-22-11-8-16-33(18-22)31(37)39-19-21-9-2-1-3-10-21)32-30(36)38-20-27-25-14-6-4-12-23(25)24-13-5-7-15-26(24)27/h1-7,9-10,12-15,22,27-28H,8,11,16-20H2,(H,32,36)(H,34,35). The molecule has 2 N–H and O–H groups in total. The minimum absolute atomic E-state index is 0.0852. The number of aliphatic carboxylic acids is 1. The Morgan fingerprint density at radius 3 is 2.21 bits per heavy atom. The molecule has 0 spiro atoms. The first-order valence-electron chi connectivity index (χ1n) is 13.3. The number of carboxylic acids is 1. The van der Waals surface area contributed by atoms with Gasteiger partial charge in [0.25, 0.3) is 0 Å². The molecule has 1 aliphatic carbocycles. The zero-order valence-electron chi connectivity index (χ0n) is 21.6. The molecule has 2 aliphatic rings. The smallest absolute Gasteiger partial charge is 0.410 e. The molecule has 8 heteroatoms. The molecule has 2 amide bonds. The predicted molar refractivity (Wildman–Crippen MR) is 145 cm³/mol. The maximum atomic E-state index is 12.7. The summed E-state index contributed by atoms with van der Waals surface area (Å²) in [6.07, 6.45) is 0.516. The Kier molecular flexibility index (Phi) is 8.10. The molecule has 3 aromatic carbocycles. The molecular formula is C31H32N2O6. The molecule has 1 aliphatic heterocycles. The lowest BCUT2D eigenvalue weighted by Gasteiger charge is -2.33. The van der Waals surface area contributed by atoms with E-state index in [1.54, 1.807) is 4.90 Å². The monoisotopic (exact) mass is 528 g/mol. The van der Waals surface area contributed by atoms with Gasteiger partial charge in [-0.15, -0.1) is 0 Å². The van der Waals surface area contributed by atoms with Crippen LogP contribution in [0, 0.1) is 5.92 Å². The number of nitrogens with zero attached hydrogens (tertiary/aromatic N) is 1. The molecule has 2 atom stereocenters. The summed E-state index contributed by atoms with van der Waals surface area (Å²) in [5, 5.41) is 12.3. The van der Waals surface area contributed by atoms with Crippen molar-refractivity contribution in [2.45, 2.75) is 37.8 Å². The number of carbonyl (C=O) groups is 3. The fourth-order valence-electron chi connectivity index (χ4n) is 5.57. The average Bonchev–Trinajstić information content (AvgIpc) is 3.28. The van der Waals surface area contributed by atoms with Gasteiger partial charge >= 0.3 is 18.2 Å². The van der Waals surface area contributed by atoms with Crippen LogP contribution in [0.2, 0.25) is 0 Å². The lowest BCUT2D eigenvalue weighted by molar-refractivity contribution is -0.139. The van der Waals surface area contributed by atoms with Crippen molar-refractivity contribution in [2.24, 2.45) is 5.92 Å². The number of hydrogen-bond acceptors (Lipinski definition) is 5. The van der Waals surface area contributed by atoms with Gasteiger partial charge in [-0.25, -0.2) is 14.4 Å². The van der Waals surface area contributed by atoms with E-state index in [1.807, 2.05) is 66.7 Å². The number of hydrogen-bond donors (Lipinski definition) is 2. The van der Waals surface area contributed by atoms with Gasteiger partial charge in [0.1, 0.15) is 19.3 Å². The SMILES string of the molecule is O=C(NC(CC1CCCN(C(=O)OCc2ccccc2)C1)C(=O)O)OCC1c2ccccc2-c2ccccc21. The van der Waals surface area contributed by atoms with E-state index in [-0.39, 0.29) is 31.5 Å². The molecule has 39 heavy (non-hydrogen) atoms. The second-order valence-corrected chi connectivity index (χ2v) is 10.1. The highest BCUT2D eigenvalue weighted by atomic mass is 16.6. The molecule has 5 rings (SSSR count). The third kappa shape index (κ3) is 6.22. The number of carboxylic acid groups (broad SMARTS) is 1. The van der Waals surface area contributed by atoms with Crippen LogP contribution in [0.25, 0.3) is 11.1 Å². The number of fused-ring (bicyclic) bond motifs is 3. The quantitative estimate of drug-likeness (QED) is 0.405. The first-order valence-corrected chi connectivity index (χ1v) is 13.3. The maximum Gasteiger partial charge on any atom is 0.410 e. The van der Waals surface area contributed by atoms with Crippen LogP contribution in [-0.2, 0) is 20.9 Å². The fourth-order valence-corrected chi connectivity index (χ4v) is 5.57. The van der Waals surface area contributed by atoms with Gasteiger partial charge < -0.3 is 24.8 Å². The van der Waals surface area contributed by atoms with Crippen LogP contribution in [-0.4, -0.2) is 53.9 Å². The van der Waals surface area contributed by atoms with Gasteiger partial charge in [-0.05, 0) is 53.0 Å². The van der Waals surface area contributed by atoms with Crippen LogP contribution in [0.5, 0.6) is 0 Å². The van der Waals surface area contributed by atoms with E-state index in [9.17, 15) is 19.5 Å². The van der Waals surface area contributed by atoms with Crippen molar-refractivity contribution in [3.8, 4) is 11.1 Å². The summed E-state index contributed by atoms with van der Waals surface area (Å²) >= 11 is 0. The first-order chi connectivity index (χ1) is 19.0. The Hall–Kier alpha value is -4.33. The lowest BCUT2D eigenvalue weighted by Crippen LogP contribution is -2.46. The van der Waals surface area contributed by atoms with Crippen LogP contribution < -0.4 is 5.32 Å². The summed E-state index contributed by atoms with van der Waals surface area (Å²) in [6.45, 7) is 1.23. The molecule has 202 valence electrons. The van der Waals surface area contributed by atoms with Crippen LogP contribution >= 0.6 is 0 Å². The number of alkyl carbamates (subject to hydrolysis) is 1. The second kappa shape index (κ2) is 12.0.